The minimum atomic E-state index is -0.456. The van der Waals surface area contributed by atoms with Crippen LogP contribution in [0, 0.1) is 6.92 Å². The van der Waals surface area contributed by atoms with E-state index in [9.17, 15) is 9.59 Å². The molecule has 0 aliphatic rings. The molecule has 0 amide bonds. The van der Waals surface area contributed by atoms with Crippen LogP contribution in [0.3, 0.4) is 0 Å². The van der Waals surface area contributed by atoms with Crippen LogP contribution in [0.4, 0.5) is 0 Å². The lowest BCUT2D eigenvalue weighted by Gasteiger charge is -2.11. The van der Waals surface area contributed by atoms with Crippen molar-refractivity contribution in [2.45, 2.75) is 33.7 Å². The minimum absolute atomic E-state index is 0.0193. The van der Waals surface area contributed by atoms with Crippen molar-refractivity contribution in [3.05, 3.63) is 21.6 Å². The molecule has 0 saturated carbocycles. The smallest absolute Gasteiger partial charge is 0.356 e. The summed E-state index contributed by atoms with van der Waals surface area (Å²) in [7, 11) is 0. The van der Waals surface area contributed by atoms with Gasteiger partial charge in [-0.2, -0.15) is 0 Å². The van der Waals surface area contributed by atoms with E-state index in [0.717, 1.165) is 0 Å². The lowest BCUT2D eigenvalue weighted by Crippen LogP contribution is -2.15. The number of hydrogen-bond acceptors (Lipinski definition) is 3. The van der Waals surface area contributed by atoms with Crippen LogP contribution < -0.4 is 5.56 Å². The summed E-state index contributed by atoms with van der Waals surface area (Å²) < 4.78 is 6.43. The summed E-state index contributed by atoms with van der Waals surface area (Å²) in [5, 5.41) is 2.61. The second-order valence-electron chi connectivity index (χ2n) is 3.60. The Morgan fingerprint density at radius 3 is 2.60 bits per heavy atom. The second kappa shape index (κ2) is 4.33. The molecule has 0 spiro atoms. The Bertz CT molecular complexity index is 415. The molecule has 5 heteroatoms. The Kier molecular flexibility index (Phi) is 3.34. The maximum absolute atomic E-state index is 11.6. The third-order valence-electron chi connectivity index (χ3n) is 2.14. The normalized spacial score (nSPS) is 10.7. The number of ether oxygens (including phenoxy) is 1. The number of hydrogen-bond donors (Lipinski definition) is 1. The van der Waals surface area contributed by atoms with Gasteiger partial charge in [0, 0.05) is 11.6 Å². The Balaban J connectivity index is 3.25. The zero-order chi connectivity index (χ0) is 11.6. The average Bonchev–Trinajstić information content (AvgIpc) is 2.44. The SMILES string of the molecule is CCOC(=O)c1c(C)c(=O)[nH]n1C(C)C. The molecule has 0 saturated heterocycles. The summed E-state index contributed by atoms with van der Waals surface area (Å²) in [6.07, 6.45) is 0. The van der Waals surface area contributed by atoms with Gasteiger partial charge in [-0.05, 0) is 27.7 Å². The molecule has 1 rings (SSSR count). The molecule has 0 fully saturated rings. The first-order valence-electron chi connectivity index (χ1n) is 4.97. The van der Waals surface area contributed by atoms with Crippen LogP contribution in [0.15, 0.2) is 4.79 Å². The molecule has 0 bridgehead atoms. The number of esters is 1. The third-order valence-corrected chi connectivity index (χ3v) is 2.14. The maximum Gasteiger partial charge on any atom is 0.356 e. The number of carbonyl (C=O) groups excluding carboxylic acids is 1. The summed E-state index contributed by atoms with van der Waals surface area (Å²) in [4.78, 5) is 23.0. The standard InChI is InChI=1S/C10H16N2O3/c1-5-15-10(14)8-7(4)9(13)11-12(8)6(2)3/h6H,5H2,1-4H3,(H,11,13). The molecule has 0 aromatic carbocycles. The van der Waals surface area contributed by atoms with E-state index in [0.29, 0.717) is 17.9 Å². The molecule has 0 unspecified atom stereocenters. The Morgan fingerprint density at radius 2 is 2.13 bits per heavy atom. The van der Waals surface area contributed by atoms with Crippen molar-refractivity contribution in [1.82, 2.24) is 9.78 Å². The highest BCUT2D eigenvalue weighted by molar-refractivity contribution is 5.89. The van der Waals surface area contributed by atoms with Crippen LogP contribution in [0.1, 0.15) is 42.9 Å². The highest BCUT2D eigenvalue weighted by atomic mass is 16.5. The highest BCUT2D eigenvalue weighted by Gasteiger charge is 2.20. The topological polar surface area (TPSA) is 64.1 Å². The fourth-order valence-corrected chi connectivity index (χ4v) is 1.38. The van der Waals surface area contributed by atoms with Crippen LogP contribution in [-0.2, 0) is 4.74 Å². The molecule has 1 aromatic rings. The van der Waals surface area contributed by atoms with E-state index in [1.807, 2.05) is 13.8 Å². The first-order chi connectivity index (χ1) is 6.99. The summed E-state index contributed by atoms with van der Waals surface area (Å²) >= 11 is 0. The van der Waals surface area contributed by atoms with Crippen molar-refractivity contribution in [2.75, 3.05) is 6.61 Å². The first-order valence-corrected chi connectivity index (χ1v) is 4.97. The van der Waals surface area contributed by atoms with Gasteiger partial charge in [0.1, 0.15) is 0 Å². The van der Waals surface area contributed by atoms with E-state index in [-0.39, 0.29) is 11.6 Å². The second-order valence-corrected chi connectivity index (χ2v) is 3.60. The molecule has 1 heterocycles. The molecule has 84 valence electrons. The van der Waals surface area contributed by atoms with Gasteiger partial charge in [-0.25, -0.2) is 4.79 Å². The van der Waals surface area contributed by atoms with Crippen LogP contribution in [0.5, 0.6) is 0 Å². The van der Waals surface area contributed by atoms with E-state index in [2.05, 4.69) is 5.10 Å². The van der Waals surface area contributed by atoms with E-state index in [1.54, 1.807) is 13.8 Å². The largest absolute Gasteiger partial charge is 0.461 e. The molecule has 5 nitrogen and oxygen atoms in total. The number of rotatable bonds is 3. The fourth-order valence-electron chi connectivity index (χ4n) is 1.38. The van der Waals surface area contributed by atoms with Gasteiger partial charge >= 0.3 is 5.97 Å². The summed E-state index contributed by atoms with van der Waals surface area (Å²) in [5.74, 6) is -0.456. The lowest BCUT2D eigenvalue weighted by atomic mass is 10.2. The van der Waals surface area contributed by atoms with E-state index < -0.39 is 5.97 Å². The average molecular weight is 212 g/mol. The number of aromatic nitrogens is 2. The first kappa shape index (κ1) is 11.6. The molecule has 1 aromatic heterocycles. The fraction of sp³-hybridized carbons (Fsp3) is 0.600. The van der Waals surface area contributed by atoms with Crippen LogP contribution >= 0.6 is 0 Å². The zero-order valence-electron chi connectivity index (χ0n) is 9.46. The van der Waals surface area contributed by atoms with Gasteiger partial charge in [0.05, 0.1) is 6.61 Å². The third kappa shape index (κ3) is 2.11. The maximum atomic E-state index is 11.6. The number of H-pyrrole nitrogens is 1. The van der Waals surface area contributed by atoms with E-state index in [1.165, 1.54) is 4.68 Å². The summed E-state index contributed by atoms with van der Waals surface area (Å²) in [6, 6.07) is 0.0193. The summed E-state index contributed by atoms with van der Waals surface area (Å²) in [5.41, 5.74) is 0.478. The summed E-state index contributed by atoms with van der Waals surface area (Å²) in [6.45, 7) is 7.42. The van der Waals surface area contributed by atoms with Gasteiger partial charge in [0.25, 0.3) is 5.56 Å². The van der Waals surface area contributed by atoms with Crippen molar-refractivity contribution in [3.8, 4) is 0 Å². The predicted molar refractivity (Wildman–Crippen MR) is 56.1 cm³/mol. The van der Waals surface area contributed by atoms with Crippen molar-refractivity contribution < 1.29 is 9.53 Å². The minimum Gasteiger partial charge on any atom is -0.461 e. The number of nitrogens with zero attached hydrogens (tertiary/aromatic N) is 1. The molecule has 0 aliphatic carbocycles. The Hall–Kier alpha value is -1.52. The van der Waals surface area contributed by atoms with Crippen LogP contribution in [0.2, 0.25) is 0 Å². The van der Waals surface area contributed by atoms with Gasteiger partial charge in [-0.1, -0.05) is 0 Å². The lowest BCUT2D eigenvalue weighted by molar-refractivity contribution is 0.0509. The van der Waals surface area contributed by atoms with Gasteiger partial charge < -0.3 is 4.74 Å². The molecule has 1 N–H and O–H groups in total. The predicted octanol–water partition coefficient (Wildman–Crippen LogP) is 1.24. The van der Waals surface area contributed by atoms with Crippen LogP contribution in [-0.4, -0.2) is 22.4 Å². The highest BCUT2D eigenvalue weighted by Crippen LogP contribution is 2.11. The number of aromatic amines is 1. The molecule has 15 heavy (non-hydrogen) atoms. The van der Waals surface area contributed by atoms with Crippen molar-refractivity contribution in [2.24, 2.45) is 0 Å². The van der Waals surface area contributed by atoms with Gasteiger partial charge in [-0.3, -0.25) is 14.6 Å². The van der Waals surface area contributed by atoms with Gasteiger partial charge in [0.2, 0.25) is 0 Å². The zero-order valence-corrected chi connectivity index (χ0v) is 9.46. The van der Waals surface area contributed by atoms with E-state index in [4.69, 9.17) is 4.74 Å². The molecular weight excluding hydrogens is 196 g/mol. The number of nitrogens with one attached hydrogen (secondary N) is 1. The Labute approximate surface area is 88.0 Å². The van der Waals surface area contributed by atoms with Crippen molar-refractivity contribution >= 4 is 5.97 Å². The molecule has 0 atom stereocenters. The van der Waals surface area contributed by atoms with Crippen molar-refractivity contribution in [3.63, 3.8) is 0 Å². The van der Waals surface area contributed by atoms with E-state index >= 15 is 0 Å². The Morgan fingerprint density at radius 1 is 1.53 bits per heavy atom. The van der Waals surface area contributed by atoms with Gasteiger partial charge in [0.15, 0.2) is 5.69 Å². The van der Waals surface area contributed by atoms with Gasteiger partial charge in [-0.15, -0.1) is 0 Å². The quantitative estimate of drug-likeness (QED) is 0.767. The molecule has 0 aliphatic heterocycles. The van der Waals surface area contributed by atoms with Crippen LogP contribution in [0.25, 0.3) is 0 Å². The monoisotopic (exact) mass is 212 g/mol. The molecular formula is C10H16N2O3. The number of carbonyl (C=O) groups is 1. The molecule has 0 radical (unpaired) electrons. The van der Waals surface area contributed by atoms with Crippen molar-refractivity contribution in [1.29, 1.82) is 0 Å².